The fourth-order valence-corrected chi connectivity index (χ4v) is 1.84. The Bertz CT molecular complexity index is 809. The van der Waals surface area contributed by atoms with Crippen molar-refractivity contribution in [3.8, 4) is 11.3 Å². The molecule has 6 nitrogen and oxygen atoms in total. The smallest absolute Gasteiger partial charge is 0.360 e. The van der Waals surface area contributed by atoms with E-state index < -0.39 is 11.8 Å². The standard InChI is InChI=1S/C15H11FN2O4/c1-9-6-13(18-21-9)15(19)20-8-10-7-14(22-17-10)11-4-2-3-5-12(11)16/h2-7H,8H2,1H3. The third-order valence-electron chi connectivity index (χ3n) is 2.89. The summed E-state index contributed by atoms with van der Waals surface area (Å²) in [5.41, 5.74) is 0.738. The maximum atomic E-state index is 13.6. The Morgan fingerprint density at radius 1 is 1.23 bits per heavy atom. The lowest BCUT2D eigenvalue weighted by Crippen LogP contribution is -2.05. The third kappa shape index (κ3) is 2.88. The Hall–Kier alpha value is -2.96. The number of nitrogens with zero attached hydrogens (tertiary/aromatic N) is 2. The number of benzene rings is 1. The summed E-state index contributed by atoms with van der Waals surface area (Å²) in [7, 11) is 0. The predicted molar refractivity (Wildman–Crippen MR) is 72.3 cm³/mol. The van der Waals surface area contributed by atoms with Crippen molar-refractivity contribution in [2.75, 3.05) is 0 Å². The average molecular weight is 302 g/mol. The molecule has 0 saturated carbocycles. The quantitative estimate of drug-likeness (QED) is 0.689. The Balaban J connectivity index is 1.67. The molecule has 2 aromatic heterocycles. The van der Waals surface area contributed by atoms with Gasteiger partial charge < -0.3 is 13.8 Å². The number of carbonyl (C=O) groups excluding carboxylic acids is 1. The maximum Gasteiger partial charge on any atom is 0.360 e. The maximum absolute atomic E-state index is 13.6. The fourth-order valence-electron chi connectivity index (χ4n) is 1.84. The van der Waals surface area contributed by atoms with Gasteiger partial charge in [0.1, 0.15) is 23.9 Å². The summed E-state index contributed by atoms with van der Waals surface area (Å²) in [5, 5.41) is 7.29. The molecule has 3 rings (SSSR count). The van der Waals surface area contributed by atoms with Crippen molar-refractivity contribution in [3.63, 3.8) is 0 Å². The molecular weight excluding hydrogens is 291 g/mol. The summed E-state index contributed by atoms with van der Waals surface area (Å²) < 4.78 is 28.5. The highest BCUT2D eigenvalue weighted by molar-refractivity contribution is 5.87. The predicted octanol–water partition coefficient (Wildman–Crippen LogP) is 3.13. The lowest BCUT2D eigenvalue weighted by molar-refractivity contribution is 0.0452. The van der Waals surface area contributed by atoms with Crippen LogP contribution in [-0.2, 0) is 11.3 Å². The van der Waals surface area contributed by atoms with Crippen LogP contribution >= 0.6 is 0 Å². The summed E-state index contributed by atoms with van der Waals surface area (Å²) in [6.45, 7) is 1.56. The Morgan fingerprint density at radius 3 is 2.77 bits per heavy atom. The molecule has 0 amide bonds. The molecule has 0 aliphatic rings. The zero-order chi connectivity index (χ0) is 15.5. The number of aryl methyl sites for hydroxylation is 1. The molecule has 0 fully saturated rings. The summed E-state index contributed by atoms with van der Waals surface area (Å²) in [6, 6.07) is 9.15. The largest absolute Gasteiger partial charge is 0.454 e. The zero-order valence-electron chi connectivity index (χ0n) is 11.6. The van der Waals surface area contributed by atoms with Crippen molar-refractivity contribution < 1.29 is 23.0 Å². The van der Waals surface area contributed by atoms with Crippen LogP contribution < -0.4 is 0 Å². The number of esters is 1. The van der Waals surface area contributed by atoms with E-state index in [9.17, 15) is 9.18 Å². The number of carbonyl (C=O) groups is 1. The van der Waals surface area contributed by atoms with E-state index in [0.717, 1.165) is 0 Å². The molecule has 0 N–H and O–H groups in total. The van der Waals surface area contributed by atoms with Crippen molar-refractivity contribution in [1.82, 2.24) is 10.3 Å². The van der Waals surface area contributed by atoms with Gasteiger partial charge in [-0.25, -0.2) is 9.18 Å². The molecule has 0 radical (unpaired) electrons. The lowest BCUT2D eigenvalue weighted by Gasteiger charge is -1.98. The van der Waals surface area contributed by atoms with Gasteiger partial charge in [0.2, 0.25) is 0 Å². The number of rotatable bonds is 4. The molecule has 7 heteroatoms. The number of hydrogen-bond acceptors (Lipinski definition) is 6. The normalized spacial score (nSPS) is 10.6. The average Bonchev–Trinajstić information content (AvgIpc) is 3.14. The van der Waals surface area contributed by atoms with Gasteiger partial charge in [0, 0.05) is 12.1 Å². The third-order valence-corrected chi connectivity index (χ3v) is 2.89. The van der Waals surface area contributed by atoms with Crippen molar-refractivity contribution in [3.05, 3.63) is 59.4 Å². The molecule has 0 aliphatic heterocycles. The van der Waals surface area contributed by atoms with Gasteiger partial charge in [0.15, 0.2) is 11.5 Å². The SMILES string of the molecule is Cc1cc(C(=O)OCc2cc(-c3ccccc3F)on2)no1. The van der Waals surface area contributed by atoms with E-state index >= 15 is 0 Å². The van der Waals surface area contributed by atoms with Gasteiger partial charge in [-0.05, 0) is 19.1 Å². The van der Waals surface area contributed by atoms with Crippen LogP contribution in [-0.4, -0.2) is 16.3 Å². The second kappa shape index (κ2) is 5.80. The fraction of sp³-hybridized carbons (Fsp3) is 0.133. The molecule has 3 aromatic rings. The van der Waals surface area contributed by atoms with Gasteiger partial charge in [0.05, 0.1) is 5.56 Å². The second-order valence-electron chi connectivity index (χ2n) is 4.56. The first-order valence-electron chi connectivity index (χ1n) is 6.44. The van der Waals surface area contributed by atoms with Crippen molar-refractivity contribution in [2.24, 2.45) is 0 Å². The minimum absolute atomic E-state index is 0.0790. The van der Waals surface area contributed by atoms with Crippen LogP contribution in [0.25, 0.3) is 11.3 Å². The topological polar surface area (TPSA) is 78.4 Å². The van der Waals surface area contributed by atoms with Crippen molar-refractivity contribution >= 4 is 5.97 Å². The van der Waals surface area contributed by atoms with Crippen LogP contribution in [0.4, 0.5) is 4.39 Å². The van der Waals surface area contributed by atoms with Gasteiger partial charge >= 0.3 is 5.97 Å². The van der Waals surface area contributed by atoms with E-state index in [0.29, 0.717) is 17.0 Å². The van der Waals surface area contributed by atoms with Gasteiger partial charge in [-0.1, -0.05) is 22.4 Å². The zero-order valence-corrected chi connectivity index (χ0v) is 11.6. The molecular formula is C15H11FN2O4. The van der Waals surface area contributed by atoms with E-state index in [2.05, 4.69) is 10.3 Å². The Morgan fingerprint density at radius 2 is 2.05 bits per heavy atom. The highest BCUT2D eigenvalue weighted by atomic mass is 19.1. The highest BCUT2D eigenvalue weighted by Gasteiger charge is 2.15. The van der Waals surface area contributed by atoms with Crippen LogP contribution in [0, 0.1) is 12.7 Å². The van der Waals surface area contributed by atoms with E-state index in [-0.39, 0.29) is 18.1 Å². The van der Waals surface area contributed by atoms with Gasteiger partial charge in [-0.2, -0.15) is 0 Å². The molecule has 0 bridgehead atoms. The molecule has 2 heterocycles. The Labute approximate surface area is 124 Å². The van der Waals surface area contributed by atoms with Gasteiger partial charge in [-0.3, -0.25) is 0 Å². The molecule has 0 spiro atoms. The van der Waals surface area contributed by atoms with Gasteiger partial charge in [-0.15, -0.1) is 0 Å². The minimum atomic E-state index is -0.632. The molecule has 22 heavy (non-hydrogen) atoms. The lowest BCUT2D eigenvalue weighted by atomic mass is 10.1. The minimum Gasteiger partial charge on any atom is -0.454 e. The number of halogens is 1. The van der Waals surface area contributed by atoms with E-state index in [4.69, 9.17) is 13.8 Å². The van der Waals surface area contributed by atoms with Crippen LogP contribution in [0.2, 0.25) is 0 Å². The first-order valence-corrected chi connectivity index (χ1v) is 6.44. The second-order valence-corrected chi connectivity index (χ2v) is 4.56. The molecule has 0 atom stereocenters. The number of hydrogen-bond donors (Lipinski definition) is 0. The van der Waals surface area contributed by atoms with E-state index in [1.165, 1.54) is 18.2 Å². The molecule has 112 valence electrons. The highest BCUT2D eigenvalue weighted by Crippen LogP contribution is 2.23. The monoisotopic (exact) mass is 302 g/mol. The van der Waals surface area contributed by atoms with Crippen LogP contribution in [0.15, 0.2) is 45.4 Å². The van der Waals surface area contributed by atoms with E-state index in [1.54, 1.807) is 25.1 Å². The van der Waals surface area contributed by atoms with Crippen LogP contribution in [0.3, 0.4) is 0 Å². The summed E-state index contributed by atoms with van der Waals surface area (Å²) in [5.74, 6) is -0.274. The number of aromatic nitrogens is 2. The van der Waals surface area contributed by atoms with Crippen molar-refractivity contribution in [1.29, 1.82) is 0 Å². The molecule has 0 unspecified atom stereocenters. The van der Waals surface area contributed by atoms with Crippen molar-refractivity contribution in [2.45, 2.75) is 13.5 Å². The van der Waals surface area contributed by atoms with E-state index in [1.807, 2.05) is 0 Å². The summed E-state index contributed by atoms with van der Waals surface area (Å²) in [4.78, 5) is 11.7. The number of ether oxygens (including phenoxy) is 1. The molecule has 0 saturated heterocycles. The summed E-state index contributed by atoms with van der Waals surface area (Å²) in [6.07, 6.45) is 0. The first kappa shape index (κ1) is 14.0. The first-order chi connectivity index (χ1) is 10.6. The van der Waals surface area contributed by atoms with Crippen LogP contribution in [0.5, 0.6) is 0 Å². The molecule has 1 aromatic carbocycles. The molecule has 0 aliphatic carbocycles. The van der Waals surface area contributed by atoms with Crippen LogP contribution in [0.1, 0.15) is 21.9 Å². The summed E-state index contributed by atoms with van der Waals surface area (Å²) >= 11 is 0. The van der Waals surface area contributed by atoms with Gasteiger partial charge in [0.25, 0.3) is 0 Å². The Kier molecular flexibility index (Phi) is 3.69.